The fourth-order valence-electron chi connectivity index (χ4n) is 4.36. The van der Waals surface area contributed by atoms with Crippen LogP contribution >= 0.6 is 0 Å². The van der Waals surface area contributed by atoms with Crippen molar-refractivity contribution in [2.75, 3.05) is 0 Å². The highest BCUT2D eigenvalue weighted by Crippen LogP contribution is 2.38. The molecule has 0 saturated heterocycles. The molecule has 5 rings (SSSR count). The summed E-state index contributed by atoms with van der Waals surface area (Å²) in [5, 5.41) is 13.1. The van der Waals surface area contributed by atoms with Gasteiger partial charge in [-0.05, 0) is 34.0 Å². The molecule has 0 saturated carbocycles. The van der Waals surface area contributed by atoms with Crippen LogP contribution in [0.15, 0.2) is 78.9 Å². The molecule has 150 valence electrons. The molecule has 0 unspecified atom stereocenters. The van der Waals surface area contributed by atoms with Crippen LogP contribution < -0.4 is 0 Å². The van der Waals surface area contributed by atoms with Gasteiger partial charge >= 0.3 is 5.97 Å². The van der Waals surface area contributed by atoms with Crippen LogP contribution in [0.4, 0.5) is 0 Å². The maximum absolute atomic E-state index is 12.5. The van der Waals surface area contributed by atoms with E-state index in [1.165, 1.54) is 0 Å². The van der Waals surface area contributed by atoms with Crippen LogP contribution in [0.5, 0.6) is 0 Å². The number of carbonyl (C=O) groups is 2. The number of Topliss-reactive ketones (excluding diaryl/α,β-unsaturated/α-hetero) is 1. The average Bonchev–Trinajstić information content (AvgIpc) is 2.80. The highest BCUT2D eigenvalue weighted by Gasteiger charge is 2.20. The summed E-state index contributed by atoms with van der Waals surface area (Å²) in [5.74, 6) is -0.905. The van der Waals surface area contributed by atoms with Gasteiger partial charge in [0.25, 0.3) is 0 Å². The molecular formula is C27H19NO3. The van der Waals surface area contributed by atoms with Crippen molar-refractivity contribution in [3.05, 3.63) is 90.0 Å². The van der Waals surface area contributed by atoms with E-state index in [1.54, 1.807) is 6.07 Å². The molecule has 0 bridgehead atoms. The summed E-state index contributed by atoms with van der Waals surface area (Å²) in [6.07, 6.45) is 0.427. The highest BCUT2D eigenvalue weighted by atomic mass is 16.4. The molecule has 31 heavy (non-hydrogen) atoms. The van der Waals surface area contributed by atoms with Crippen LogP contribution in [-0.2, 0) is 0 Å². The SMILES string of the molecule is CCC(=O)c1ccc(-c2cccc3nc4ccccc4c(C(=O)O)c23)c2ccccc12. The van der Waals surface area contributed by atoms with Crippen molar-refractivity contribution in [3.8, 4) is 11.1 Å². The van der Waals surface area contributed by atoms with Gasteiger partial charge in [0.05, 0.1) is 16.6 Å². The van der Waals surface area contributed by atoms with E-state index in [9.17, 15) is 14.7 Å². The van der Waals surface area contributed by atoms with Gasteiger partial charge in [0, 0.05) is 22.8 Å². The van der Waals surface area contributed by atoms with Crippen molar-refractivity contribution >= 4 is 44.3 Å². The summed E-state index contributed by atoms with van der Waals surface area (Å²) in [6, 6.07) is 24.5. The summed E-state index contributed by atoms with van der Waals surface area (Å²) in [4.78, 5) is 29.6. The molecule has 0 fully saturated rings. The van der Waals surface area contributed by atoms with Gasteiger partial charge in [-0.1, -0.05) is 73.7 Å². The molecule has 1 N–H and O–H groups in total. The second-order valence-electron chi connectivity index (χ2n) is 7.49. The Morgan fingerprint density at radius 3 is 2.16 bits per heavy atom. The lowest BCUT2D eigenvalue weighted by atomic mass is 9.89. The summed E-state index contributed by atoms with van der Waals surface area (Å²) >= 11 is 0. The smallest absolute Gasteiger partial charge is 0.337 e. The molecule has 0 aliphatic rings. The third kappa shape index (κ3) is 2.96. The van der Waals surface area contributed by atoms with Gasteiger partial charge in [-0.25, -0.2) is 9.78 Å². The number of carbonyl (C=O) groups excluding carboxylic acids is 1. The van der Waals surface area contributed by atoms with Gasteiger partial charge in [0.1, 0.15) is 0 Å². The van der Waals surface area contributed by atoms with Crippen molar-refractivity contribution in [3.63, 3.8) is 0 Å². The van der Waals surface area contributed by atoms with Crippen molar-refractivity contribution in [1.82, 2.24) is 4.98 Å². The number of hydrogen-bond acceptors (Lipinski definition) is 3. The molecule has 4 nitrogen and oxygen atoms in total. The minimum Gasteiger partial charge on any atom is -0.478 e. The predicted octanol–water partition coefficient (Wildman–Crippen LogP) is 6.50. The number of para-hydroxylation sites is 1. The van der Waals surface area contributed by atoms with Gasteiger partial charge in [-0.2, -0.15) is 0 Å². The number of hydrogen-bond donors (Lipinski definition) is 1. The Bertz CT molecular complexity index is 1520. The largest absolute Gasteiger partial charge is 0.478 e. The minimum atomic E-state index is -0.988. The van der Waals surface area contributed by atoms with E-state index in [2.05, 4.69) is 0 Å². The number of fused-ring (bicyclic) bond motifs is 3. The quantitative estimate of drug-likeness (QED) is 0.274. The second-order valence-corrected chi connectivity index (χ2v) is 7.49. The predicted molar refractivity (Wildman–Crippen MR) is 124 cm³/mol. The standard InChI is InChI=1S/C27H19NO3/c1-2-24(29)19-15-14-18(16-8-3-4-9-17(16)19)20-11-7-13-23-25(20)26(27(30)31)21-10-5-6-12-22(21)28-23/h3-15H,2H2,1H3,(H,30,31). The highest BCUT2D eigenvalue weighted by molar-refractivity contribution is 6.20. The van der Waals surface area contributed by atoms with E-state index in [0.717, 1.165) is 21.9 Å². The Kier molecular flexibility index (Phi) is 4.48. The molecule has 4 aromatic carbocycles. The normalized spacial score (nSPS) is 11.3. The molecule has 0 atom stereocenters. The number of rotatable bonds is 4. The van der Waals surface area contributed by atoms with Crippen LogP contribution in [0.3, 0.4) is 0 Å². The third-order valence-corrected chi connectivity index (χ3v) is 5.76. The molecule has 1 heterocycles. The van der Waals surface area contributed by atoms with Crippen molar-refractivity contribution in [2.45, 2.75) is 13.3 Å². The van der Waals surface area contributed by atoms with Crippen LogP contribution in [-0.4, -0.2) is 21.8 Å². The number of aromatic carboxylic acids is 1. The van der Waals surface area contributed by atoms with Crippen molar-refractivity contribution < 1.29 is 14.7 Å². The zero-order valence-electron chi connectivity index (χ0n) is 16.9. The van der Waals surface area contributed by atoms with Crippen LogP contribution in [0.25, 0.3) is 43.7 Å². The Hall–Kier alpha value is -4.05. The fourth-order valence-corrected chi connectivity index (χ4v) is 4.36. The second kappa shape index (κ2) is 7.33. The van der Waals surface area contributed by atoms with E-state index < -0.39 is 5.97 Å². The molecular weight excluding hydrogens is 386 g/mol. The molecule has 5 aromatic rings. The first-order valence-corrected chi connectivity index (χ1v) is 10.2. The van der Waals surface area contributed by atoms with E-state index in [0.29, 0.717) is 33.8 Å². The molecule has 0 spiro atoms. The van der Waals surface area contributed by atoms with E-state index >= 15 is 0 Å². The fraction of sp³-hybridized carbons (Fsp3) is 0.0741. The average molecular weight is 405 g/mol. The topological polar surface area (TPSA) is 67.3 Å². The zero-order chi connectivity index (χ0) is 21.5. The number of aromatic nitrogens is 1. The number of nitrogens with zero attached hydrogens (tertiary/aromatic N) is 1. The summed E-state index contributed by atoms with van der Waals surface area (Å²) in [7, 11) is 0. The first kappa shape index (κ1) is 18.9. The van der Waals surface area contributed by atoms with Crippen LogP contribution in [0.2, 0.25) is 0 Å². The van der Waals surface area contributed by atoms with Gasteiger partial charge in [0.15, 0.2) is 5.78 Å². The zero-order valence-corrected chi connectivity index (χ0v) is 16.9. The van der Waals surface area contributed by atoms with Gasteiger partial charge < -0.3 is 5.11 Å². The van der Waals surface area contributed by atoms with E-state index in [-0.39, 0.29) is 11.3 Å². The molecule has 0 amide bonds. The molecule has 4 heteroatoms. The number of carboxylic acid groups (broad SMARTS) is 1. The first-order valence-electron chi connectivity index (χ1n) is 10.2. The molecule has 0 aliphatic heterocycles. The van der Waals surface area contributed by atoms with Crippen LogP contribution in [0, 0.1) is 0 Å². The number of benzene rings is 4. The molecule has 1 aromatic heterocycles. The van der Waals surface area contributed by atoms with Gasteiger partial charge in [0.2, 0.25) is 0 Å². The third-order valence-electron chi connectivity index (χ3n) is 5.76. The number of ketones is 1. The van der Waals surface area contributed by atoms with Crippen molar-refractivity contribution in [2.24, 2.45) is 0 Å². The first-order chi connectivity index (χ1) is 15.1. The Morgan fingerprint density at radius 1 is 0.742 bits per heavy atom. The lowest BCUT2D eigenvalue weighted by Crippen LogP contribution is -2.03. The van der Waals surface area contributed by atoms with Crippen LogP contribution in [0.1, 0.15) is 34.1 Å². The Labute approximate surface area is 178 Å². The summed E-state index contributed by atoms with van der Waals surface area (Å²) in [5.41, 5.74) is 3.89. The van der Waals surface area contributed by atoms with Gasteiger partial charge in [-0.3, -0.25) is 4.79 Å². The lowest BCUT2D eigenvalue weighted by molar-refractivity contribution is 0.0701. The van der Waals surface area contributed by atoms with E-state index in [1.807, 2.05) is 79.7 Å². The maximum atomic E-state index is 12.5. The molecule has 0 radical (unpaired) electrons. The Morgan fingerprint density at radius 2 is 1.42 bits per heavy atom. The van der Waals surface area contributed by atoms with Gasteiger partial charge in [-0.15, -0.1) is 0 Å². The number of carboxylic acids is 1. The Balaban J connectivity index is 1.93. The molecule has 0 aliphatic carbocycles. The summed E-state index contributed by atoms with van der Waals surface area (Å²) in [6.45, 7) is 1.85. The minimum absolute atomic E-state index is 0.0829. The summed E-state index contributed by atoms with van der Waals surface area (Å²) < 4.78 is 0. The lowest BCUT2D eigenvalue weighted by Gasteiger charge is -2.15. The van der Waals surface area contributed by atoms with E-state index in [4.69, 9.17) is 4.98 Å². The maximum Gasteiger partial charge on any atom is 0.337 e. The number of pyridine rings is 1. The van der Waals surface area contributed by atoms with Crippen molar-refractivity contribution in [1.29, 1.82) is 0 Å². The monoisotopic (exact) mass is 405 g/mol.